The second kappa shape index (κ2) is 6.67. The summed E-state index contributed by atoms with van der Waals surface area (Å²) in [5, 5.41) is 1.01. The number of hydrogen-bond donors (Lipinski definition) is 0. The molecule has 2 aliphatic heterocycles. The van der Waals surface area contributed by atoms with Crippen LogP contribution < -0.4 is 4.90 Å². The zero-order valence-corrected chi connectivity index (χ0v) is 15.0. The summed E-state index contributed by atoms with van der Waals surface area (Å²) < 4.78 is 0. The molecule has 0 spiro atoms. The van der Waals surface area contributed by atoms with Crippen LogP contribution in [0.3, 0.4) is 0 Å². The first kappa shape index (κ1) is 15.8. The van der Waals surface area contributed by atoms with E-state index >= 15 is 0 Å². The van der Waals surface area contributed by atoms with Crippen LogP contribution in [-0.2, 0) is 4.79 Å². The minimum atomic E-state index is 0.118. The lowest BCUT2D eigenvalue weighted by molar-refractivity contribution is -0.137. The lowest BCUT2D eigenvalue weighted by atomic mass is 9.94. The van der Waals surface area contributed by atoms with Gasteiger partial charge < -0.3 is 9.80 Å². The largest absolute Gasteiger partial charge is 0.347 e. The van der Waals surface area contributed by atoms with Gasteiger partial charge in [-0.1, -0.05) is 18.3 Å². The average molecular weight is 344 g/mol. The van der Waals surface area contributed by atoms with Crippen LogP contribution in [0, 0.1) is 11.8 Å². The second-order valence-corrected chi connectivity index (χ2v) is 8.07. The Morgan fingerprint density at radius 3 is 2.88 bits per heavy atom. The number of rotatable bonds is 2. The van der Waals surface area contributed by atoms with Gasteiger partial charge in [-0.15, -0.1) is 0 Å². The third kappa shape index (κ3) is 3.11. The zero-order chi connectivity index (χ0) is 16.5. The summed E-state index contributed by atoms with van der Waals surface area (Å²) in [6.45, 7) is 5.93. The summed E-state index contributed by atoms with van der Waals surface area (Å²) in [6.07, 6.45) is 6.16. The number of anilines is 1. The standard InChI is InChI=1S/C18H24N4OS/c1-13-6-10-21(11-7-13)17(23)14-4-3-9-22(12-14)18-20-15-5-2-8-19-16(15)24-18/h2,5,8,13-14H,3-4,6-7,9-12H2,1H3/t14-/m1/s1. The van der Waals surface area contributed by atoms with Gasteiger partial charge in [0.15, 0.2) is 5.13 Å². The Morgan fingerprint density at radius 2 is 2.08 bits per heavy atom. The first-order valence-corrected chi connectivity index (χ1v) is 9.77. The second-order valence-electron chi connectivity index (χ2n) is 7.12. The number of carbonyl (C=O) groups excluding carboxylic acids is 1. The van der Waals surface area contributed by atoms with Crippen LogP contribution in [0.5, 0.6) is 0 Å². The fourth-order valence-electron chi connectivity index (χ4n) is 3.73. The molecule has 2 fully saturated rings. The number of nitrogens with zero attached hydrogens (tertiary/aromatic N) is 4. The van der Waals surface area contributed by atoms with Crippen LogP contribution in [0.25, 0.3) is 10.3 Å². The Bertz CT molecular complexity index is 690. The molecule has 6 heteroatoms. The minimum absolute atomic E-state index is 0.118. The molecule has 0 aromatic carbocycles. The number of piperidine rings is 2. The highest BCUT2D eigenvalue weighted by Crippen LogP contribution is 2.31. The van der Waals surface area contributed by atoms with Crippen molar-refractivity contribution in [1.29, 1.82) is 0 Å². The molecule has 0 unspecified atom stereocenters. The lowest BCUT2D eigenvalue weighted by Gasteiger charge is -2.37. The summed E-state index contributed by atoms with van der Waals surface area (Å²) >= 11 is 1.63. The maximum atomic E-state index is 12.9. The van der Waals surface area contributed by atoms with E-state index in [-0.39, 0.29) is 5.92 Å². The van der Waals surface area contributed by atoms with Crippen molar-refractivity contribution in [2.75, 3.05) is 31.1 Å². The average Bonchev–Trinajstić information content (AvgIpc) is 3.06. The molecular formula is C18H24N4OS. The first-order chi connectivity index (χ1) is 11.7. The van der Waals surface area contributed by atoms with Gasteiger partial charge in [0.2, 0.25) is 5.91 Å². The SMILES string of the molecule is CC1CCN(C(=O)[C@@H]2CCCN(c3nc4cccnc4s3)C2)CC1. The molecule has 0 radical (unpaired) electrons. The monoisotopic (exact) mass is 344 g/mol. The van der Waals surface area contributed by atoms with Gasteiger partial charge in [0.25, 0.3) is 0 Å². The van der Waals surface area contributed by atoms with Gasteiger partial charge in [0, 0.05) is 32.4 Å². The molecule has 0 saturated carbocycles. The normalized spacial score (nSPS) is 23.0. The highest BCUT2D eigenvalue weighted by Gasteiger charge is 2.31. The van der Waals surface area contributed by atoms with Crippen molar-refractivity contribution in [2.45, 2.75) is 32.6 Å². The van der Waals surface area contributed by atoms with E-state index in [1.165, 1.54) is 0 Å². The summed E-state index contributed by atoms with van der Waals surface area (Å²) in [5.41, 5.74) is 0.955. The first-order valence-electron chi connectivity index (χ1n) is 8.96. The van der Waals surface area contributed by atoms with Crippen molar-refractivity contribution in [3.63, 3.8) is 0 Å². The molecule has 2 aliphatic rings. The highest BCUT2D eigenvalue weighted by atomic mass is 32.1. The smallest absolute Gasteiger partial charge is 0.227 e. The summed E-state index contributed by atoms with van der Waals surface area (Å²) in [4.78, 5) is 27.3. The molecule has 0 N–H and O–H groups in total. The molecule has 4 rings (SSSR count). The molecule has 4 heterocycles. The van der Waals surface area contributed by atoms with Crippen LogP contribution in [-0.4, -0.2) is 47.0 Å². The van der Waals surface area contributed by atoms with Gasteiger partial charge in [0.05, 0.1) is 5.92 Å². The van der Waals surface area contributed by atoms with Gasteiger partial charge in [-0.05, 0) is 43.7 Å². The molecule has 0 aliphatic carbocycles. The fourth-order valence-corrected chi connectivity index (χ4v) is 4.68. The van der Waals surface area contributed by atoms with Crippen LogP contribution in [0.2, 0.25) is 0 Å². The van der Waals surface area contributed by atoms with Gasteiger partial charge in [-0.3, -0.25) is 4.79 Å². The van der Waals surface area contributed by atoms with Crippen molar-refractivity contribution in [3.05, 3.63) is 18.3 Å². The Hall–Kier alpha value is -1.69. The molecule has 1 amide bonds. The molecule has 2 aromatic rings. The Kier molecular flexibility index (Phi) is 4.39. The van der Waals surface area contributed by atoms with Crippen LogP contribution >= 0.6 is 11.3 Å². The summed E-state index contributed by atoms with van der Waals surface area (Å²) in [7, 11) is 0. The highest BCUT2D eigenvalue weighted by molar-refractivity contribution is 7.21. The molecule has 1 atom stereocenters. The topological polar surface area (TPSA) is 49.3 Å². The Labute approximate surface area is 146 Å². The number of pyridine rings is 1. The van der Waals surface area contributed by atoms with E-state index in [1.807, 2.05) is 18.3 Å². The summed E-state index contributed by atoms with van der Waals surface area (Å²) in [6, 6.07) is 3.93. The third-order valence-electron chi connectivity index (χ3n) is 5.29. The quantitative estimate of drug-likeness (QED) is 0.840. The van der Waals surface area contributed by atoms with Gasteiger partial charge in [0.1, 0.15) is 10.3 Å². The Morgan fingerprint density at radius 1 is 1.25 bits per heavy atom. The van der Waals surface area contributed by atoms with Gasteiger partial charge >= 0.3 is 0 Å². The summed E-state index contributed by atoms with van der Waals surface area (Å²) in [5.74, 6) is 1.23. The minimum Gasteiger partial charge on any atom is -0.347 e. The van der Waals surface area contributed by atoms with E-state index in [9.17, 15) is 4.79 Å². The maximum absolute atomic E-state index is 12.9. The molecular weight excluding hydrogens is 320 g/mol. The predicted octanol–water partition coefficient (Wildman–Crippen LogP) is 3.17. The molecule has 2 aromatic heterocycles. The van der Waals surface area contributed by atoms with Gasteiger partial charge in [-0.25, -0.2) is 9.97 Å². The van der Waals surface area contributed by atoms with E-state index in [0.29, 0.717) is 5.91 Å². The van der Waals surface area contributed by atoms with E-state index in [4.69, 9.17) is 4.98 Å². The number of carbonyl (C=O) groups is 1. The number of hydrogen-bond acceptors (Lipinski definition) is 5. The molecule has 5 nitrogen and oxygen atoms in total. The molecule has 2 saturated heterocycles. The molecule has 0 bridgehead atoms. The van der Waals surface area contributed by atoms with E-state index < -0.39 is 0 Å². The van der Waals surface area contributed by atoms with Crippen molar-refractivity contribution >= 4 is 32.7 Å². The maximum Gasteiger partial charge on any atom is 0.227 e. The van der Waals surface area contributed by atoms with Crippen LogP contribution in [0.4, 0.5) is 5.13 Å². The predicted molar refractivity (Wildman–Crippen MR) is 97.3 cm³/mol. The lowest BCUT2D eigenvalue weighted by Crippen LogP contribution is -2.47. The van der Waals surface area contributed by atoms with Crippen LogP contribution in [0.15, 0.2) is 18.3 Å². The van der Waals surface area contributed by atoms with Crippen molar-refractivity contribution in [2.24, 2.45) is 11.8 Å². The number of thiazole rings is 1. The molecule has 24 heavy (non-hydrogen) atoms. The van der Waals surface area contributed by atoms with Crippen molar-refractivity contribution in [1.82, 2.24) is 14.9 Å². The fraction of sp³-hybridized carbons (Fsp3) is 0.611. The van der Waals surface area contributed by atoms with E-state index in [0.717, 1.165) is 73.3 Å². The zero-order valence-electron chi connectivity index (χ0n) is 14.1. The number of amides is 1. The Balaban J connectivity index is 1.46. The van der Waals surface area contributed by atoms with Crippen LogP contribution in [0.1, 0.15) is 32.6 Å². The van der Waals surface area contributed by atoms with Gasteiger partial charge in [-0.2, -0.15) is 0 Å². The van der Waals surface area contributed by atoms with E-state index in [2.05, 4.69) is 21.7 Å². The number of aromatic nitrogens is 2. The van der Waals surface area contributed by atoms with E-state index in [1.54, 1.807) is 11.3 Å². The third-order valence-corrected chi connectivity index (χ3v) is 6.33. The number of fused-ring (bicyclic) bond motifs is 1. The molecule has 128 valence electrons. The number of likely N-dealkylation sites (tertiary alicyclic amines) is 1. The van der Waals surface area contributed by atoms with Crippen molar-refractivity contribution < 1.29 is 4.79 Å². The van der Waals surface area contributed by atoms with Crippen molar-refractivity contribution in [3.8, 4) is 0 Å².